The maximum absolute atomic E-state index is 12.3. The lowest BCUT2D eigenvalue weighted by Crippen LogP contribution is -2.40. The summed E-state index contributed by atoms with van der Waals surface area (Å²) in [5.41, 5.74) is 1.74. The second kappa shape index (κ2) is 6.60. The summed E-state index contributed by atoms with van der Waals surface area (Å²) in [6.07, 6.45) is -1.35. The number of rotatable bonds is 4. The number of ether oxygens (including phenoxy) is 1. The molecule has 3 rings (SSSR count). The molecule has 0 aromatic heterocycles. The van der Waals surface area contributed by atoms with Gasteiger partial charge in [0.15, 0.2) is 6.10 Å². The molecule has 3 unspecified atom stereocenters. The molecule has 120 valence electrons. The molecule has 0 radical (unpaired) electrons. The van der Waals surface area contributed by atoms with Crippen molar-refractivity contribution in [3.8, 4) is 5.75 Å². The Bertz CT molecular complexity index is 702. The van der Waals surface area contributed by atoms with Crippen LogP contribution in [0.1, 0.15) is 30.1 Å². The number of halogens is 1. The third kappa shape index (κ3) is 3.33. The molecule has 1 aliphatic heterocycles. The van der Waals surface area contributed by atoms with Crippen molar-refractivity contribution in [2.45, 2.75) is 25.0 Å². The summed E-state index contributed by atoms with van der Waals surface area (Å²) in [5.74, 6) is 0.513. The van der Waals surface area contributed by atoms with E-state index >= 15 is 0 Å². The van der Waals surface area contributed by atoms with Crippen molar-refractivity contribution in [1.29, 1.82) is 0 Å². The van der Waals surface area contributed by atoms with E-state index < -0.39 is 12.2 Å². The number of fused-ring (bicyclic) bond motifs is 1. The van der Waals surface area contributed by atoms with Crippen molar-refractivity contribution in [3.63, 3.8) is 0 Å². The van der Waals surface area contributed by atoms with E-state index in [1.54, 1.807) is 24.3 Å². The van der Waals surface area contributed by atoms with Crippen LogP contribution in [0.4, 0.5) is 0 Å². The molecule has 4 nitrogen and oxygen atoms in total. The largest absolute Gasteiger partial charge is 0.480 e. The minimum Gasteiger partial charge on any atom is -0.480 e. The van der Waals surface area contributed by atoms with Gasteiger partial charge in [0, 0.05) is 23.0 Å². The predicted molar refractivity (Wildman–Crippen MR) is 88.7 cm³/mol. The molecule has 1 amide bonds. The van der Waals surface area contributed by atoms with Gasteiger partial charge in [-0.25, -0.2) is 0 Å². The minimum atomic E-state index is -0.782. The number of aliphatic hydroxyl groups is 1. The topological polar surface area (TPSA) is 58.6 Å². The standard InChI is InChI=1S/C18H18ClNO3/c1-11-14-4-2-3-5-16(14)23-17(11)18(22)20-10-15(21)12-6-8-13(19)9-7-12/h2-9,11,15,17,21H,10H2,1H3,(H,20,22). The van der Waals surface area contributed by atoms with Gasteiger partial charge < -0.3 is 15.2 Å². The maximum atomic E-state index is 12.3. The van der Waals surface area contributed by atoms with E-state index in [1.165, 1.54) is 0 Å². The predicted octanol–water partition coefficient (Wildman–Crippen LogP) is 3.05. The molecule has 0 saturated heterocycles. The molecule has 0 spiro atoms. The molecular weight excluding hydrogens is 314 g/mol. The first-order valence-electron chi connectivity index (χ1n) is 7.53. The van der Waals surface area contributed by atoms with Crippen molar-refractivity contribution < 1.29 is 14.6 Å². The molecule has 2 N–H and O–H groups in total. The molecule has 2 aromatic carbocycles. The van der Waals surface area contributed by atoms with Crippen molar-refractivity contribution in [2.24, 2.45) is 0 Å². The zero-order valence-corrected chi connectivity index (χ0v) is 13.5. The fourth-order valence-corrected chi connectivity index (χ4v) is 2.87. The van der Waals surface area contributed by atoms with Crippen LogP contribution in [0.25, 0.3) is 0 Å². The minimum absolute atomic E-state index is 0.0149. The number of amides is 1. The Labute approximate surface area is 140 Å². The first-order valence-corrected chi connectivity index (χ1v) is 7.91. The van der Waals surface area contributed by atoms with Crippen LogP contribution < -0.4 is 10.1 Å². The lowest BCUT2D eigenvalue weighted by Gasteiger charge is -2.17. The van der Waals surface area contributed by atoms with Gasteiger partial charge in [-0.15, -0.1) is 0 Å². The summed E-state index contributed by atoms with van der Waals surface area (Å²) in [4.78, 5) is 12.3. The first-order chi connectivity index (χ1) is 11.1. The van der Waals surface area contributed by atoms with Gasteiger partial charge in [0.2, 0.25) is 0 Å². The Balaban J connectivity index is 1.59. The third-order valence-corrected chi connectivity index (χ3v) is 4.35. The average molecular weight is 332 g/mol. The highest BCUT2D eigenvalue weighted by molar-refractivity contribution is 6.30. The van der Waals surface area contributed by atoms with Crippen LogP contribution in [0.3, 0.4) is 0 Å². The Kier molecular flexibility index (Phi) is 4.55. The van der Waals surface area contributed by atoms with E-state index in [0.717, 1.165) is 11.3 Å². The molecular formula is C18H18ClNO3. The van der Waals surface area contributed by atoms with E-state index in [2.05, 4.69) is 5.32 Å². The second-order valence-corrected chi connectivity index (χ2v) is 6.11. The molecule has 23 heavy (non-hydrogen) atoms. The molecule has 2 aromatic rings. The van der Waals surface area contributed by atoms with E-state index in [1.807, 2.05) is 31.2 Å². The molecule has 3 atom stereocenters. The summed E-state index contributed by atoms with van der Waals surface area (Å²) in [6.45, 7) is 2.09. The Morgan fingerprint density at radius 2 is 1.96 bits per heavy atom. The van der Waals surface area contributed by atoms with Crippen LogP contribution in [0.2, 0.25) is 5.02 Å². The molecule has 0 fully saturated rings. The molecule has 0 bridgehead atoms. The quantitative estimate of drug-likeness (QED) is 0.905. The monoisotopic (exact) mass is 331 g/mol. The van der Waals surface area contributed by atoms with Crippen LogP contribution in [0.5, 0.6) is 5.75 Å². The Hall–Kier alpha value is -2.04. The van der Waals surface area contributed by atoms with Gasteiger partial charge in [-0.05, 0) is 23.8 Å². The molecule has 1 aliphatic rings. The summed E-state index contributed by atoms with van der Waals surface area (Å²) < 4.78 is 5.72. The third-order valence-electron chi connectivity index (χ3n) is 4.10. The number of hydrogen-bond donors (Lipinski definition) is 2. The van der Waals surface area contributed by atoms with Crippen LogP contribution in [-0.4, -0.2) is 23.7 Å². The van der Waals surface area contributed by atoms with Gasteiger partial charge >= 0.3 is 0 Å². The van der Waals surface area contributed by atoms with Gasteiger partial charge in [0.05, 0.1) is 6.10 Å². The molecule has 1 heterocycles. The van der Waals surface area contributed by atoms with Crippen molar-refractivity contribution >= 4 is 17.5 Å². The highest BCUT2D eigenvalue weighted by Gasteiger charge is 2.36. The van der Waals surface area contributed by atoms with E-state index in [9.17, 15) is 9.90 Å². The second-order valence-electron chi connectivity index (χ2n) is 5.68. The summed E-state index contributed by atoms with van der Waals surface area (Å²) in [5, 5.41) is 13.5. The van der Waals surface area contributed by atoms with Crippen LogP contribution in [0.15, 0.2) is 48.5 Å². The highest BCUT2D eigenvalue weighted by atomic mass is 35.5. The fraction of sp³-hybridized carbons (Fsp3) is 0.278. The summed E-state index contributed by atoms with van der Waals surface area (Å²) in [6, 6.07) is 14.5. The average Bonchev–Trinajstić information content (AvgIpc) is 2.90. The number of benzene rings is 2. The summed E-state index contributed by atoms with van der Waals surface area (Å²) in [7, 11) is 0. The Morgan fingerprint density at radius 1 is 1.26 bits per heavy atom. The smallest absolute Gasteiger partial charge is 0.261 e. The van der Waals surface area contributed by atoms with Gasteiger partial charge in [0.1, 0.15) is 5.75 Å². The Morgan fingerprint density at radius 3 is 2.65 bits per heavy atom. The lowest BCUT2D eigenvalue weighted by molar-refractivity contribution is -0.128. The summed E-state index contributed by atoms with van der Waals surface area (Å²) >= 11 is 5.82. The van der Waals surface area contributed by atoms with Crippen molar-refractivity contribution in [1.82, 2.24) is 5.32 Å². The van der Waals surface area contributed by atoms with Gasteiger partial charge in [-0.3, -0.25) is 4.79 Å². The van der Waals surface area contributed by atoms with Crippen molar-refractivity contribution in [2.75, 3.05) is 6.54 Å². The van der Waals surface area contributed by atoms with Gasteiger partial charge in [0.25, 0.3) is 5.91 Å². The highest BCUT2D eigenvalue weighted by Crippen LogP contribution is 2.37. The maximum Gasteiger partial charge on any atom is 0.261 e. The molecule has 0 aliphatic carbocycles. The van der Waals surface area contributed by atoms with Gasteiger partial charge in [-0.1, -0.05) is 48.9 Å². The van der Waals surface area contributed by atoms with Crippen LogP contribution in [0, 0.1) is 0 Å². The number of carbonyl (C=O) groups excluding carboxylic acids is 1. The number of hydrogen-bond acceptors (Lipinski definition) is 3. The van der Waals surface area contributed by atoms with E-state index in [0.29, 0.717) is 10.6 Å². The number of para-hydroxylation sites is 1. The number of aliphatic hydroxyl groups excluding tert-OH is 1. The number of carbonyl (C=O) groups is 1. The van der Waals surface area contributed by atoms with E-state index in [-0.39, 0.29) is 18.4 Å². The fourth-order valence-electron chi connectivity index (χ4n) is 2.75. The number of nitrogens with one attached hydrogen (secondary N) is 1. The first kappa shape index (κ1) is 15.8. The SMILES string of the molecule is CC1c2ccccc2OC1C(=O)NCC(O)c1ccc(Cl)cc1. The van der Waals surface area contributed by atoms with Gasteiger partial charge in [-0.2, -0.15) is 0 Å². The van der Waals surface area contributed by atoms with Crippen LogP contribution >= 0.6 is 11.6 Å². The molecule has 5 heteroatoms. The normalized spacial score (nSPS) is 20.5. The lowest BCUT2D eigenvalue weighted by atomic mass is 9.97. The van der Waals surface area contributed by atoms with Crippen molar-refractivity contribution in [3.05, 3.63) is 64.7 Å². The van der Waals surface area contributed by atoms with E-state index in [4.69, 9.17) is 16.3 Å². The zero-order valence-electron chi connectivity index (χ0n) is 12.7. The van der Waals surface area contributed by atoms with Crippen LogP contribution in [-0.2, 0) is 4.79 Å². The molecule has 0 saturated carbocycles. The zero-order chi connectivity index (χ0) is 16.4.